The van der Waals surface area contributed by atoms with E-state index in [2.05, 4.69) is 0 Å². The molecule has 1 N–H and O–H groups in total. The van der Waals surface area contributed by atoms with Crippen LogP contribution in [0.2, 0.25) is 0 Å². The van der Waals surface area contributed by atoms with Gasteiger partial charge in [0.05, 0.1) is 6.61 Å². The molecule has 0 saturated carbocycles. The van der Waals surface area contributed by atoms with Crippen molar-refractivity contribution >= 4 is 32.7 Å². The summed E-state index contributed by atoms with van der Waals surface area (Å²) < 4.78 is 26.9. The third kappa shape index (κ3) is 3.48. The van der Waals surface area contributed by atoms with Crippen LogP contribution in [0, 0.1) is 0 Å². The van der Waals surface area contributed by atoms with Crippen molar-refractivity contribution < 1.29 is 13.5 Å². The van der Waals surface area contributed by atoms with Crippen LogP contribution in [-0.4, -0.2) is 31.0 Å². The molecule has 0 bridgehead atoms. The molecule has 0 atom stereocenters. The maximum Gasteiger partial charge on any atom is 0.252 e. The van der Waals surface area contributed by atoms with Crippen LogP contribution in [0.25, 0.3) is 0 Å². The average Bonchev–Trinajstić information content (AvgIpc) is 3.09. The zero-order chi connectivity index (χ0) is 14.6. The molecule has 4 nitrogen and oxygen atoms in total. The molecule has 110 valence electrons. The third-order valence-corrected chi connectivity index (χ3v) is 7.24. The van der Waals surface area contributed by atoms with Crippen molar-refractivity contribution in [1.29, 1.82) is 0 Å². The number of hydrogen-bond acceptors (Lipinski definition) is 5. The second-order valence-electron chi connectivity index (χ2n) is 4.22. The average molecular weight is 331 g/mol. The summed E-state index contributed by atoms with van der Waals surface area (Å²) in [7, 11) is -3.53. The van der Waals surface area contributed by atoms with Crippen molar-refractivity contribution in [2.45, 2.75) is 24.1 Å². The van der Waals surface area contributed by atoms with E-state index < -0.39 is 10.0 Å². The molecule has 2 aromatic heterocycles. The van der Waals surface area contributed by atoms with Gasteiger partial charge in [-0.25, -0.2) is 8.42 Å². The van der Waals surface area contributed by atoms with Crippen LogP contribution in [0.4, 0.5) is 0 Å². The third-order valence-electron chi connectivity index (χ3n) is 2.84. The van der Waals surface area contributed by atoms with E-state index in [4.69, 9.17) is 5.11 Å². The molecule has 0 amide bonds. The lowest BCUT2D eigenvalue weighted by Crippen LogP contribution is -2.32. The van der Waals surface area contributed by atoms with Crippen LogP contribution < -0.4 is 0 Å². The molecule has 2 aromatic rings. The SMILES string of the molecule is CCc1ccc(S(=O)(=O)N(CCO)Cc2cccs2)s1. The number of hydrogen-bond donors (Lipinski definition) is 1. The number of rotatable bonds is 7. The maximum atomic E-state index is 12.6. The van der Waals surface area contributed by atoms with Crippen LogP contribution >= 0.6 is 22.7 Å². The molecule has 0 aliphatic rings. The van der Waals surface area contributed by atoms with Gasteiger partial charge < -0.3 is 5.11 Å². The first-order valence-corrected chi connectivity index (χ1v) is 9.43. The summed E-state index contributed by atoms with van der Waals surface area (Å²) in [6, 6.07) is 7.29. The molecule has 7 heteroatoms. The van der Waals surface area contributed by atoms with E-state index in [9.17, 15) is 8.42 Å². The van der Waals surface area contributed by atoms with Gasteiger partial charge >= 0.3 is 0 Å². The molecule has 0 radical (unpaired) electrons. The van der Waals surface area contributed by atoms with E-state index in [0.29, 0.717) is 10.8 Å². The van der Waals surface area contributed by atoms with Crippen molar-refractivity contribution in [2.24, 2.45) is 0 Å². The van der Waals surface area contributed by atoms with Crippen molar-refractivity contribution in [3.05, 3.63) is 39.4 Å². The van der Waals surface area contributed by atoms with Crippen LogP contribution in [0.15, 0.2) is 33.9 Å². The Bertz CT molecular complexity index is 632. The Hall–Kier alpha value is -0.730. The van der Waals surface area contributed by atoms with Gasteiger partial charge in [-0.15, -0.1) is 22.7 Å². The minimum atomic E-state index is -3.53. The number of aliphatic hydroxyl groups excluding tert-OH is 1. The Morgan fingerprint density at radius 2 is 2.05 bits per heavy atom. The van der Waals surface area contributed by atoms with Crippen LogP contribution in [0.5, 0.6) is 0 Å². The fourth-order valence-electron chi connectivity index (χ4n) is 1.79. The molecular formula is C13H17NO3S3. The Kier molecular flexibility index (Phi) is 5.34. The highest BCUT2D eigenvalue weighted by molar-refractivity contribution is 7.91. The lowest BCUT2D eigenvalue weighted by molar-refractivity contribution is 0.252. The summed E-state index contributed by atoms with van der Waals surface area (Å²) in [5, 5.41) is 11.0. The Balaban J connectivity index is 2.26. The molecule has 2 rings (SSSR count). The van der Waals surface area contributed by atoms with Gasteiger partial charge in [0, 0.05) is 22.8 Å². The van der Waals surface area contributed by atoms with E-state index in [1.54, 1.807) is 6.07 Å². The van der Waals surface area contributed by atoms with Gasteiger partial charge in [0.2, 0.25) is 0 Å². The van der Waals surface area contributed by atoms with Crippen molar-refractivity contribution in [3.63, 3.8) is 0 Å². The van der Waals surface area contributed by atoms with E-state index >= 15 is 0 Å². The number of sulfonamides is 1. The first-order chi connectivity index (χ1) is 9.57. The monoisotopic (exact) mass is 331 g/mol. The zero-order valence-corrected chi connectivity index (χ0v) is 13.6. The normalized spacial score (nSPS) is 12.2. The quantitative estimate of drug-likeness (QED) is 0.848. The number of aliphatic hydroxyl groups is 1. The molecule has 0 aliphatic carbocycles. The predicted octanol–water partition coefficient (Wildman–Crippen LogP) is 2.56. The summed E-state index contributed by atoms with van der Waals surface area (Å²) in [5.41, 5.74) is 0. The van der Waals surface area contributed by atoms with Gasteiger partial charge in [-0.3, -0.25) is 0 Å². The maximum absolute atomic E-state index is 12.6. The van der Waals surface area contributed by atoms with Gasteiger partial charge in [-0.1, -0.05) is 13.0 Å². The van der Waals surface area contributed by atoms with Crippen molar-refractivity contribution in [2.75, 3.05) is 13.2 Å². The number of aryl methyl sites for hydroxylation is 1. The van der Waals surface area contributed by atoms with Gasteiger partial charge in [-0.05, 0) is 30.0 Å². The summed E-state index contributed by atoms with van der Waals surface area (Å²) in [5.74, 6) is 0. The van der Waals surface area contributed by atoms with E-state index in [0.717, 1.165) is 16.2 Å². The Morgan fingerprint density at radius 1 is 1.25 bits per heavy atom. The molecule has 0 fully saturated rings. The largest absolute Gasteiger partial charge is 0.395 e. The molecule has 0 spiro atoms. The van der Waals surface area contributed by atoms with Crippen LogP contribution in [0.3, 0.4) is 0 Å². The Morgan fingerprint density at radius 3 is 2.60 bits per heavy atom. The second kappa shape index (κ2) is 6.82. The van der Waals surface area contributed by atoms with Gasteiger partial charge in [0.1, 0.15) is 4.21 Å². The standard InChI is InChI=1S/C13H17NO3S3/c1-2-11-5-6-13(19-11)20(16,17)14(7-8-15)10-12-4-3-9-18-12/h3-6,9,15H,2,7-8,10H2,1H3. The molecule has 20 heavy (non-hydrogen) atoms. The van der Waals surface area contributed by atoms with Crippen LogP contribution in [-0.2, 0) is 23.0 Å². The molecule has 2 heterocycles. The fourth-order valence-corrected chi connectivity index (χ4v) is 5.45. The highest BCUT2D eigenvalue weighted by Crippen LogP contribution is 2.26. The zero-order valence-electron chi connectivity index (χ0n) is 11.2. The molecule has 0 unspecified atom stereocenters. The first-order valence-electron chi connectivity index (χ1n) is 6.30. The van der Waals surface area contributed by atoms with Gasteiger partial charge in [-0.2, -0.15) is 4.31 Å². The van der Waals surface area contributed by atoms with Crippen molar-refractivity contribution in [1.82, 2.24) is 4.31 Å². The lowest BCUT2D eigenvalue weighted by atomic mass is 10.4. The topological polar surface area (TPSA) is 57.6 Å². The van der Waals surface area contributed by atoms with Gasteiger partial charge in [0.15, 0.2) is 0 Å². The lowest BCUT2D eigenvalue weighted by Gasteiger charge is -2.19. The Labute approximate surface area is 127 Å². The second-order valence-corrected chi connectivity index (χ2v) is 8.58. The smallest absolute Gasteiger partial charge is 0.252 e. The molecule has 0 aromatic carbocycles. The summed E-state index contributed by atoms with van der Waals surface area (Å²) in [6.45, 7) is 2.23. The molecule has 0 saturated heterocycles. The molecular weight excluding hydrogens is 314 g/mol. The summed E-state index contributed by atoms with van der Waals surface area (Å²) >= 11 is 2.81. The predicted molar refractivity (Wildman–Crippen MR) is 82.7 cm³/mol. The summed E-state index contributed by atoms with van der Waals surface area (Å²) in [4.78, 5) is 2.01. The van der Waals surface area contributed by atoms with Crippen LogP contribution in [0.1, 0.15) is 16.7 Å². The first kappa shape index (κ1) is 15.7. The van der Waals surface area contributed by atoms with Crippen molar-refractivity contribution in [3.8, 4) is 0 Å². The number of nitrogens with zero attached hydrogens (tertiary/aromatic N) is 1. The minimum absolute atomic E-state index is 0.111. The summed E-state index contributed by atoms with van der Waals surface area (Å²) in [6.07, 6.45) is 0.825. The van der Waals surface area contributed by atoms with Gasteiger partial charge in [0.25, 0.3) is 10.0 Å². The van der Waals surface area contributed by atoms with E-state index in [-0.39, 0.29) is 13.2 Å². The highest BCUT2D eigenvalue weighted by atomic mass is 32.2. The minimum Gasteiger partial charge on any atom is -0.395 e. The van der Waals surface area contributed by atoms with E-state index in [1.165, 1.54) is 27.0 Å². The highest BCUT2D eigenvalue weighted by Gasteiger charge is 2.26. The van der Waals surface area contributed by atoms with E-state index in [1.807, 2.05) is 30.5 Å². The fraction of sp³-hybridized carbons (Fsp3) is 0.385. The molecule has 0 aliphatic heterocycles. The number of thiophene rings is 2.